The largest absolute Gasteiger partial charge is 0.503 e. The highest BCUT2D eigenvalue weighted by atomic mass is 35.5. The number of aryl methyl sites for hydroxylation is 1. The summed E-state index contributed by atoms with van der Waals surface area (Å²) in [5, 5.41) is 11.3. The predicted molar refractivity (Wildman–Crippen MR) is 121 cm³/mol. The summed E-state index contributed by atoms with van der Waals surface area (Å²) in [6.07, 6.45) is 0. The highest BCUT2D eigenvalue weighted by Gasteiger charge is 2.45. The zero-order chi connectivity index (χ0) is 22.4. The summed E-state index contributed by atoms with van der Waals surface area (Å²) >= 11 is 6.11. The van der Waals surface area contributed by atoms with E-state index in [1.165, 1.54) is 4.90 Å². The minimum Gasteiger partial charge on any atom is -0.503 e. The van der Waals surface area contributed by atoms with Gasteiger partial charge in [0.1, 0.15) is 0 Å². The number of hydrogen-bond donors (Lipinski definition) is 1. The molecule has 30 heavy (non-hydrogen) atoms. The molecule has 0 saturated carbocycles. The molecule has 1 aliphatic rings. The fourth-order valence-electron chi connectivity index (χ4n) is 3.79. The van der Waals surface area contributed by atoms with Crippen molar-refractivity contribution in [2.45, 2.75) is 53.0 Å². The molecular formula is C25H28ClNO3. The van der Waals surface area contributed by atoms with Crippen molar-refractivity contribution >= 4 is 29.0 Å². The third-order valence-electron chi connectivity index (χ3n) is 5.51. The van der Waals surface area contributed by atoms with Crippen molar-refractivity contribution in [3.63, 3.8) is 0 Å². The Bertz CT molecular complexity index is 1030. The molecule has 1 heterocycles. The number of benzene rings is 2. The number of nitrogens with zero attached hydrogens (tertiary/aromatic N) is 1. The van der Waals surface area contributed by atoms with Gasteiger partial charge in [0.2, 0.25) is 0 Å². The van der Waals surface area contributed by atoms with Crippen LogP contribution in [-0.2, 0) is 15.0 Å². The summed E-state index contributed by atoms with van der Waals surface area (Å²) in [5.74, 6) is -1.64. The molecule has 0 radical (unpaired) electrons. The van der Waals surface area contributed by atoms with Crippen LogP contribution in [0.4, 0.5) is 5.69 Å². The van der Waals surface area contributed by atoms with Crippen LogP contribution in [0.25, 0.3) is 0 Å². The SMILES string of the molecule is Cc1cc(Cl)ccc1N1C(=O)C(O)=C(C(=O)C(C)C)C1c1ccc(C(C)(C)C)cc1. The molecule has 5 heteroatoms. The average molecular weight is 426 g/mol. The van der Waals surface area contributed by atoms with E-state index >= 15 is 0 Å². The maximum Gasteiger partial charge on any atom is 0.294 e. The molecule has 0 spiro atoms. The molecule has 0 aliphatic carbocycles. The molecule has 0 aromatic heterocycles. The zero-order valence-electron chi connectivity index (χ0n) is 18.3. The van der Waals surface area contributed by atoms with E-state index in [1.807, 2.05) is 31.2 Å². The third-order valence-corrected chi connectivity index (χ3v) is 5.74. The number of carbonyl (C=O) groups is 2. The molecule has 158 valence electrons. The molecule has 2 aromatic carbocycles. The lowest BCUT2D eigenvalue weighted by Gasteiger charge is -2.29. The van der Waals surface area contributed by atoms with E-state index in [0.717, 1.165) is 16.7 Å². The fourth-order valence-corrected chi connectivity index (χ4v) is 4.01. The summed E-state index contributed by atoms with van der Waals surface area (Å²) in [6, 6.07) is 12.4. The number of ketones is 1. The number of anilines is 1. The number of Topliss-reactive ketones (excluding diaryl/α,β-unsaturated/α-hetero) is 1. The summed E-state index contributed by atoms with van der Waals surface area (Å²) in [7, 11) is 0. The van der Waals surface area contributed by atoms with Crippen LogP contribution in [0.1, 0.15) is 57.4 Å². The first-order valence-electron chi connectivity index (χ1n) is 10.1. The minimum absolute atomic E-state index is 0.0228. The molecule has 1 unspecified atom stereocenters. The molecule has 3 rings (SSSR count). The summed E-state index contributed by atoms with van der Waals surface area (Å²) < 4.78 is 0. The molecule has 0 saturated heterocycles. The van der Waals surface area contributed by atoms with E-state index in [0.29, 0.717) is 10.7 Å². The second-order valence-electron chi connectivity index (χ2n) is 9.16. The first-order chi connectivity index (χ1) is 13.9. The summed E-state index contributed by atoms with van der Waals surface area (Å²) in [4.78, 5) is 27.6. The summed E-state index contributed by atoms with van der Waals surface area (Å²) in [5.41, 5.74) is 3.46. The van der Waals surface area contributed by atoms with Crippen LogP contribution in [0.2, 0.25) is 5.02 Å². The zero-order valence-corrected chi connectivity index (χ0v) is 19.0. The Labute approximate surface area is 183 Å². The molecular weight excluding hydrogens is 398 g/mol. The molecule has 1 N–H and O–H groups in total. The van der Waals surface area contributed by atoms with E-state index in [2.05, 4.69) is 20.8 Å². The predicted octanol–water partition coefficient (Wildman–Crippen LogP) is 6.07. The van der Waals surface area contributed by atoms with Crippen LogP contribution in [0.15, 0.2) is 53.8 Å². The number of rotatable bonds is 4. The van der Waals surface area contributed by atoms with Crippen LogP contribution in [0.5, 0.6) is 0 Å². The van der Waals surface area contributed by atoms with Gasteiger partial charge in [-0.3, -0.25) is 14.5 Å². The van der Waals surface area contributed by atoms with E-state index in [1.54, 1.807) is 32.0 Å². The molecule has 2 aromatic rings. The van der Waals surface area contributed by atoms with Gasteiger partial charge in [0, 0.05) is 16.6 Å². The summed E-state index contributed by atoms with van der Waals surface area (Å²) in [6.45, 7) is 11.8. The van der Waals surface area contributed by atoms with Crippen LogP contribution in [0, 0.1) is 12.8 Å². The van der Waals surface area contributed by atoms with Crippen molar-refractivity contribution in [1.29, 1.82) is 0 Å². The van der Waals surface area contributed by atoms with E-state index in [-0.39, 0.29) is 22.7 Å². The molecule has 4 nitrogen and oxygen atoms in total. The van der Waals surface area contributed by atoms with Gasteiger partial charge in [-0.05, 0) is 47.2 Å². The maximum absolute atomic E-state index is 13.1. The molecule has 1 atom stereocenters. The average Bonchev–Trinajstić information content (AvgIpc) is 2.92. The number of aliphatic hydroxyl groups excluding tert-OH is 1. The normalized spacial score (nSPS) is 17.3. The lowest BCUT2D eigenvalue weighted by Crippen LogP contribution is -2.32. The van der Waals surface area contributed by atoms with Gasteiger partial charge < -0.3 is 5.11 Å². The first-order valence-corrected chi connectivity index (χ1v) is 10.5. The van der Waals surface area contributed by atoms with Gasteiger partial charge in [-0.1, -0.05) is 70.5 Å². The highest BCUT2D eigenvalue weighted by Crippen LogP contribution is 2.43. The van der Waals surface area contributed by atoms with E-state index in [4.69, 9.17) is 11.6 Å². The Balaban J connectivity index is 2.19. The molecule has 0 fully saturated rings. The minimum atomic E-state index is -0.693. The third kappa shape index (κ3) is 3.89. The molecule has 1 amide bonds. The number of halogens is 1. The Morgan fingerprint density at radius 3 is 2.20 bits per heavy atom. The topological polar surface area (TPSA) is 57.6 Å². The monoisotopic (exact) mass is 425 g/mol. The quantitative estimate of drug-likeness (QED) is 0.646. The second-order valence-corrected chi connectivity index (χ2v) is 9.60. The molecule has 0 bridgehead atoms. The van der Waals surface area contributed by atoms with Crippen molar-refractivity contribution in [3.05, 3.63) is 75.5 Å². The number of carbonyl (C=O) groups excluding carboxylic acids is 2. The smallest absolute Gasteiger partial charge is 0.294 e. The number of aliphatic hydroxyl groups is 1. The number of amides is 1. The van der Waals surface area contributed by atoms with Crippen molar-refractivity contribution in [2.24, 2.45) is 5.92 Å². The maximum atomic E-state index is 13.1. The van der Waals surface area contributed by atoms with Gasteiger partial charge in [0.05, 0.1) is 11.6 Å². The van der Waals surface area contributed by atoms with E-state index in [9.17, 15) is 14.7 Å². The number of hydrogen-bond acceptors (Lipinski definition) is 3. The van der Waals surface area contributed by atoms with Gasteiger partial charge >= 0.3 is 0 Å². The molecule has 1 aliphatic heterocycles. The van der Waals surface area contributed by atoms with Crippen molar-refractivity contribution < 1.29 is 14.7 Å². The first kappa shape index (κ1) is 22.1. The van der Waals surface area contributed by atoms with Crippen LogP contribution in [-0.4, -0.2) is 16.8 Å². The van der Waals surface area contributed by atoms with Gasteiger partial charge in [-0.15, -0.1) is 0 Å². The lowest BCUT2D eigenvalue weighted by atomic mass is 9.85. The van der Waals surface area contributed by atoms with Gasteiger partial charge in [0.25, 0.3) is 5.91 Å². The Hall–Kier alpha value is -2.59. The fraction of sp³-hybridized carbons (Fsp3) is 0.360. The Morgan fingerprint density at radius 2 is 1.70 bits per heavy atom. The van der Waals surface area contributed by atoms with E-state index < -0.39 is 17.7 Å². The van der Waals surface area contributed by atoms with Gasteiger partial charge in [-0.2, -0.15) is 0 Å². The second kappa shape index (κ2) is 7.92. The van der Waals surface area contributed by atoms with Crippen LogP contribution in [0.3, 0.4) is 0 Å². The van der Waals surface area contributed by atoms with Crippen molar-refractivity contribution in [3.8, 4) is 0 Å². The standard InChI is InChI=1S/C25H28ClNO3/c1-14(2)22(28)20-21(16-7-9-17(10-8-16)25(4,5)6)27(24(30)23(20)29)19-12-11-18(26)13-15(19)3/h7-14,21,29H,1-6H3. The van der Waals surface area contributed by atoms with Crippen LogP contribution < -0.4 is 4.90 Å². The van der Waals surface area contributed by atoms with Crippen LogP contribution >= 0.6 is 11.6 Å². The lowest BCUT2D eigenvalue weighted by molar-refractivity contribution is -0.119. The van der Waals surface area contributed by atoms with Crippen molar-refractivity contribution in [1.82, 2.24) is 0 Å². The van der Waals surface area contributed by atoms with Gasteiger partial charge in [0.15, 0.2) is 11.5 Å². The van der Waals surface area contributed by atoms with Gasteiger partial charge in [-0.25, -0.2) is 0 Å². The Morgan fingerprint density at radius 1 is 1.10 bits per heavy atom. The highest BCUT2D eigenvalue weighted by molar-refractivity contribution is 6.30. The van der Waals surface area contributed by atoms with Crippen molar-refractivity contribution in [2.75, 3.05) is 4.90 Å². The Kier molecular flexibility index (Phi) is 5.83.